The molecule has 0 atom stereocenters. The van der Waals surface area contributed by atoms with Crippen LogP contribution in [0.3, 0.4) is 0 Å². The van der Waals surface area contributed by atoms with E-state index in [-0.39, 0.29) is 5.78 Å². The van der Waals surface area contributed by atoms with Gasteiger partial charge in [0.2, 0.25) is 5.78 Å². The minimum absolute atomic E-state index is 0.0388. The van der Waals surface area contributed by atoms with Gasteiger partial charge in [-0.1, -0.05) is 11.6 Å². The largest absolute Gasteiger partial charge is 0.288 e. The van der Waals surface area contributed by atoms with Gasteiger partial charge in [-0.3, -0.25) is 4.79 Å². The molecule has 5 heteroatoms. The smallest absolute Gasteiger partial charge is 0.203 e. The highest BCUT2D eigenvalue weighted by atomic mass is 79.9. The van der Waals surface area contributed by atoms with E-state index >= 15 is 0 Å². The molecule has 0 unspecified atom stereocenters. The molecule has 78 valence electrons. The summed E-state index contributed by atoms with van der Waals surface area (Å²) in [5, 5.41) is 1.84. The Kier molecular flexibility index (Phi) is 3.30. The van der Waals surface area contributed by atoms with E-state index in [0.29, 0.717) is 14.8 Å². The van der Waals surface area contributed by atoms with Gasteiger partial charge < -0.3 is 0 Å². The number of hydrogen-bond acceptors (Lipinski definition) is 3. The molecule has 1 nitrogen and oxygen atoms in total. The predicted molar refractivity (Wildman–Crippen MR) is 69.5 cm³/mol. The number of rotatable bonds is 2. The molecule has 0 aliphatic carbocycles. The molecule has 0 aromatic carbocycles. The lowest BCUT2D eigenvalue weighted by atomic mass is 10.2. The molecule has 15 heavy (non-hydrogen) atoms. The van der Waals surface area contributed by atoms with Gasteiger partial charge in [0.05, 0.1) is 13.0 Å². The van der Waals surface area contributed by atoms with Crippen LogP contribution in [0.15, 0.2) is 21.3 Å². The molecule has 0 aliphatic rings. The van der Waals surface area contributed by atoms with Crippen LogP contribution in [0, 0.1) is 6.92 Å². The molecule has 2 heterocycles. The van der Waals surface area contributed by atoms with E-state index < -0.39 is 0 Å². The lowest BCUT2D eigenvalue weighted by Crippen LogP contribution is -1.95. The van der Waals surface area contributed by atoms with Crippen molar-refractivity contribution in [1.29, 1.82) is 0 Å². The van der Waals surface area contributed by atoms with Gasteiger partial charge >= 0.3 is 0 Å². The first kappa shape index (κ1) is 11.3. The minimum Gasteiger partial charge on any atom is -0.288 e. The maximum Gasteiger partial charge on any atom is 0.203 e. The van der Waals surface area contributed by atoms with E-state index in [9.17, 15) is 4.79 Å². The van der Waals surface area contributed by atoms with Crippen LogP contribution in [-0.4, -0.2) is 5.78 Å². The van der Waals surface area contributed by atoms with Crippen molar-refractivity contribution in [1.82, 2.24) is 0 Å². The van der Waals surface area contributed by atoms with Crippen molar-refractivity contribution in [2.24, 2.45) is 0 Å². The molecule has 0 N–H and O–H groups in total. The summed E-state index contributed by atoms with van der Waals surface area (Å²) in [7, 11) is 0. The van der Waals surface area contributed by atoms with Crippen LogP contribution in [0.25, 0.3) is 0 Å². The number of carbonyl (C=O) groups excluding carboxylic acids is 1. The summed E-state index contributed by atoms with van der Waals surface area (Å²) < 4.78 is 1.65. The molecule has 0 fully saturated rings. The van der Waals surface area contributed by atoms with Crippen LogP contribution in [0.4, 0.5) is 0 Å². The van der Waals surface area contributed by atoms with E-state index in [1.807, 2.05) is 24.4 Å². The number of ketones is 1. The number of thiophene rings is 2. The third-order valence-corrected chi connectivity index (χ3v) is 4.97. The van der Waals surface area contributed by atoms with Crippen molar-refractivity contribution < 1.29 is 4.79 Å². The summed E-state index contributed by atoms with van der Waals surface area (Å²) >= 11 is 12.1. The fraction of sp³-hybridized carbons (Fsp3) is 0.100. The summed E-state index contributed by atoms with van der Waals surface area (Å²) in [6.45, 7) is 1.90. The average Bonchev–Trinajstić information content (AvgIpc) is 2.74. The molecular formula is C10H6BrClOS2. The maximum absolute atomic E-state index is 12.0. The van der Waals surface area contributed by atoms with Crippen LogP contribution in [0.1, 0.15) is 20.8 Å². The van der Waals surface area contributed by atoms with Gasteiger partial charge in [-0.05, 0) is 40.5 Å². The van der Waals surface area contributed by atoms with Crippen molar-refractivity contribution in [2.75, 3.05) is 0 Å². The predicted octanol–water partition coefficient (Wildman–Crippen LogP) is 4.76. The third kappa shape index (κ3) is 2.33. The van der Waals surface area contributed by atoms with Crippen LogP contribution in [0.5, 0.6) is 0 Å². The first-order valence-electron chi connectivity index (χ1n) is 4.12. The van der Waals surface area contributed by atoms with Crippen molar-refractivity contribution in [3.63, 3.8) is 0 Å². The van der Waals surface area contributed by atoms with Crippen LogP contribution in [-0.2, 0) is 0 Å². The zero-order valence-corrected chi connectivity index (χ0v) is 11.7. The minimum atomic E-state index is 0.0388. The molecule has 0 saturated carbocycles. The molecule has 0 amide bonds. The molecule has 0 radical (unpaired) electrons. The zero-order valence-electron chi connectivity index (χ0n) is 7.71. The lowest BCUT2D eigenvalue weighted by Gasteiger charge is -1.90. The van der Waals surface area contributed by atoms with Gasteiger partial charge in [-0.15, -0.1) is 22.7 Å². The van der Waals surface area contributed by atoms with Crippen molar-refractivity contribution in [3.05, 3.63) is 41.6 Å². The fourth-order valence-electron chi connectivity index (χ4n) is 1.14. The number of aryl methyl sites for hydroxylation is 1. The van der Waals surface area contributed by atoms with E-state index in [1.165, 1.54) is 22.7 Å². The Balaban J connectivity index is 2.36. The quantitative estimate of drug-likeness (QED) is 0.729. The standard InChI is InChI=1S/C10H6BrClOS2/c1-5-2-7(15-10(5)12)9(13)6-3-8(11)14-4-6/h2-4H,1H3. The molecular weight excluding hydrogens is 316 g/mol. The van der Waals surface area contributed by atoms with Gasteiger partial charge in [0.15, 0.2) is 0 Å². The highest BCUT2D eigenvalue weighted by Crippen LogP contribution is 2.30. The molecule has 0 bridgehead atoms. The summed E-state index contributed by atoms with van der Waals surface area (Å²) in [6, 6.07) is 3.66. The monoisotopic (exact) mass is 320 g/mol. The first-order valence-corrected chi connectivity index (χ1v) is 6.99. The Morgan fingerprint density at radius 3 is 2.67 bits per heavy atom. The highest BCUT2D eigenvalue weighted by molar-refractivity contribution is 9.11. The highest BCUT2D eigenvalue weighted by Gasteiger charge is 2.14. The molecule has 2 aromatic heterocycles. The Hall–Kier alpha value is -0.160. The van der Waals surface area contributed by atoms with Crippen molar-refractivity contribution >= 4 is 56.0 Å². The zero-order chi connectivity index (χ0) is 11.0. The van der Waals surface area contributed by atoms with Crippen LogP contribution >= 0.6 is 50.2 Å². The second-order valence-corrected chi connectivity index (χ2v) is 6.98. The normalized spacial score (nSPS) is 10.6. The Bertz CT molecular complexity index is 496. The van der Waals surface area contributed by atoms with E-state index in [4.69, 9.17) is 11.6 Å². The van der Waals surface area contributed by atoms with Gasteiger partial charge in [0.1, 0.15) is 0 Å². The molecule has 0 aliphatic heterocycles. The Morgan fingerprint density at radius 1 is 1.47 bits per heavy atom. The summed E-state index contributed by atoms with van der Waals surface area (Å²) in [6.07, 6.45) is 0. The van der Waals surface area contributed by atoms with Gasteiger partial charge in [-0.25, -0.2) is 0 Å². The number of hydrogen-bond donors (Lipinski definition) is 0. The number of carbonyl (C=O) groups is 1. The third-order valence-electron chi connectivity index (χ3n) is 1.91. The molecule has 2 aromatic rings. The van der Waals surface area contributed by atoms with E-state index in [0.717, 1.165) is 9.35 Å². The summed E-state index contributed by atoms with van der Waals surface area (Å²) in [5.41, 5.74) is 1.67. The molecule has 0 spiro atoms. The average molecular weight is 322 g/mol. The van der Waals surface area contributed by atoms with Crippen LogP contribution in [0.2, 0.25) is 4.34 Å². The van der Waals surface area contributed by atoms with Crippen molar-refractivity contribution in [2.45, 2.75) is 6.92 Å². The van der Waals surface area contributed by atoms with Crippen molar-refractivity contribution in [3.8, 4) is 0 Å². The van der Waals surface area contributed by atoms with Gasteiger partial charge in [0.25, 0.3) is 0 Å². The number of halogens is 2. The Labute approximate surface area is 109 Å². The second-order valence-electron chi connectivity index (χ2n) is 3.04. The van der Waals surface area contributed by atoms with Gasteiger partial charge in [-0.2, -0.15) is 0 Å². The SMILES string of the molecule is Cc1cc(C(=O)c2csc(Br)c2)sc1Cl. The second kappa shape index (κ2) is 4.37. The first-order chi connectivity index (χ1) is 7.08. The molecule has 0 saturated heterocycles. The maximum atomic E-state index is 12.0. The fourth-order valence-corrected chi connectivity index (χ4v) is 3.44. The Morgan fingerprint density at radius 2 is 2.20 bits per heavy atom. The summed E-state index contributed by atoms with van der Waals surface area (Å²) in [4.78, 5) is 12.7. The van der Waals surface area contributed by atoms with Gasteiger partial charge in [0, 0.05) is 10.9 Å². The van der Waals surface area contributed by atoms with E-state index in [1.54, 1.807) is 0 Å². The lowest BCUT2D eigenvalue weighted by molar-refractivity contribution is 0.104. The topological polar surface area (TPSA) is 17.1 Å². The summed E-state index contributed by atoms with van der Waals surface area (Å²) in [5.74, 6) is 0.0388. The van der Waals surface area contributed by atoms with E-state index in [2.05, 4.69) is 15.9 Å². The van der Waals surface area contributed by atoms with Crippen LogP contribution < -0.4 is 0 Å². The molecule has 2 rings (SSSR count).